The first-order valence-corrected chi connectivity index (χ1v) is 8.62. The first-order chi connectivity index (χ1) is 12.3. The van der Waals surface area contributed by atoms with E-state index in [2.05, 4.69) is 5.32 Å². The Kier molecular flexibility index (Phi) is 6.50. The Labute approximate surface area is 154 Å². The molecule has 5 heteroatoms. The molecule has 26 heavy (non-hydrogen) atoms. The summed E-state index contributed by atoms with van der Waals surface area (Å²) in [6.45, 7) is 5.32. The van der Waals surface area contributed by atoms with Gasteiger partial charge in [-0.2, -0.15) is 0 Å². The lowest BCUT2D eigenvalue weighted by Crippen LogP contribution is -2.35. The summed E-state index contributed by atoms with van der Waals surface area (Å²) in [6, 6.07) is 13.3. The lowest BCUT2D eigenvalue weighted by Gasteiger charge is -2.28. The molecule has 0 aliphatic rings. The van der Waals surface area contributed by atoms with Gasteiger partial charge in [-0.25, -0.2) is 4.39 Å². The number of nitrogens with one attached hydrogen (secondary N) is 1. The number of carbonyl (C=O) groups excluding carboxylic acids is 2. The van der Waals surface area contributed by atoms with E-state index in [4.69, 9.17) is 0 Å². The van der Waals surface area contributed by atoms with Crippen LogP contribution in [-0.4, -0.2) is 23.8 Å². The first-order valence-electron chi connectivity index (χ1n) is 8.62. The van der Waals surface area contributed by atoms with Gasteiger partial charge in [0.25, 0.3) is 0 Å². The van der Waals surface area contributed by atoms with Gasteiger partial charge >= 0.3 is 0 Å². The van der Waals surface area contributed by atoms with Gasteiger partial charge in [-0.1, -0.05) is 42.0 Å². The van der Waals surface area contributed by atoms with Crippen LogP contribution in [0.3, 0.4) is 0 Å². The minimum atomic E-state index is -0.386. The maximum Gasteiger partial charge on any atom is 0.225 e. The summed E-state index contributed by atoms with van der Waals surface area (Å²) in [5, 5.41) is 2.85. The van der Waals surface area contributed by atoms with Gasteiger partial charge in [0.1, 0.15) is 5.82 Å². The number of nitrogens with zero attached hydrogens (tertiary/aromatic N) is 1. The quantitative estimate of drug-likeness (QED) is 0.853. The second-order valence-corrected chi connectivity index (χ2v) is 6.60. The van der Waals surface area contributed by atoms with Crippen molar-refractivity contribution < 1.29 is 14.0 Å². The lowest BCUT2D eigenvalue weighted by atomic mass is 10.0. The molecule has 0 radical (unpaired) electrons. The fourth-order valence-corrected chi connectivity index (χ4v) is 2.80. The number of aryl methyl sites for hydroxylation is 1. The van der Waals surface area contributed by atoms with E-state index < -0.39 is 0 Å². The van der Waals surface area contributed by atoms with Crippen LogP contribution in [0, 0.1) is 12.7 Å². The van der Waals surface area contributed by atoms with E-state index in [-0.39, 0.29) is 36.1 Å². The van der Waals surface area contributed by atoms with Crippen molar-refractivity contribution in [1.29, 1.82) is 0 Å². The van der Waals surface area contributed by atoms with Crippen LogP contribution < -0.4 is 5.32 Å². The topological polar surface area (TPSA) is 49.4 Å². The Morgan fingerprint density at radius 3 is 2.12 bits per heavy atom. The molecular weight excluding hydrogens is 331 g/mol. The van der Waals surface area contributed by atoms with Crippen molar-refractivity contribution in [2.45, 2.75) is 39.3 Å². The first kappa shape index (κ1) is 19.6. The second-order valence-electron chi connectivity index (χ2n) is 6.60. The van der Waals surface area contributed by atoms with Crippen LogP contribution in [0.25, 0.3) is 0 Å². The molecule has 1 N–H and O–H groups in total. The number of hydrogen-bond acceptors (Lipinski definition) is 2. The minimum Gasteiger partial charge on any atom is -0.349 e. The normalized spacial score (nSPS) is 13.0. The Hall–Kier alpha value is -2.69. The van der Waals surface area contributed by atoms with E-state index in [1.165, 1.54) is 19.1 Å². The Bertz CT molecular complexity index is 757. The maximum atomic E-state index is 13.1. The SMILES string of the molecule is CC(=O)N[C@H](CC(=O)N(C)[C@@H](C)c1ccc(F)cc1)c1ccc(C)cc1. The molecule has 0 unspecified atom stereocenters. The Balaban J connectivity index is 2.13. The van der Waals surface area contributed by atoms with E-state index in [9.17, 15) is 14.0 Å². The number of rotatable bonds is 6. The van der Waals surface area contributed by atoms with E-state index in [0.717, 1.165) is 16.7 Å². The van der Waals surface area contributed by atoms with Crippen molar-refractivity contribution in [3.8, 4) is 0 Å². The zero-order chi connectivity index (χ0) is 19.3. The van der Waals surface area contributed by atoms with Crippen molar-refractivity contribution in [3.63, 3.8) is 0 Å². The molecule has 0 aromatic heterocycles. The molecule has 0 saturated carbocycles. The third-order valence-electron chi connectivity index (χ3n) is 4.56. The molecule has 0 aliphatic carbocycles. The second kappa shape index (κ2) is 8.61. The average molecular weight is 356 g/mol. The van der Waals surface area contributed by atoms with Crippen LogP contribution in [-0.2, 0) is 9.59 Å². The molecule has 0 fully saturated rings. The van der Waals surface area contributed by atoms with Crippen LogP contribution in [0.1, 0.15) is 49.0 Å². The van der Waals surface area contributed by atoms with Gasteiger partial charge in [-0.05, 0) is 37.1 Å². The monoisotopic (exact) mass is 356 g/mol. The molecule has 2 aromatic carbocycles. The fraction of sp³-hybridized carbons (Fsp3) is 0.333. The Morgan fingerprint density at radius 2 is 1.58 bits per heavy atom. The molecular formula is C21H25FN2O2. The third-order valence-corrected chi connectivity index (χ3v) is 4.56. The molecule has 2 rings (SSSR count). The summed E-state index contributed by atoms with van der Waals surface area (Å²) in [6.07, 6.45) is 0.157. The smallest absolute Gasteiger partial charge is 0.225 e. The van der Waals surface area contributed by atoms with Crippen LogP contribution in [0.15, 0.2) is 48.5 Å². The predicted octanol–water partition coefficient (Wildman–Crippen LogP) is 3.92. The van der Waals surface area contributed by atoms with Crippen LogP contribution >= 0.6 is 0 Å². The molecule has 0 saturated heterocycles. The van der Waals surface area contributed by atoms with Crippen molar-refractivity contribution in [3.05, 3.63) is 71.0 Å². The summed E-state index contributed by atoms with van der Waals surface area (Å²) in [5.74, 6) is -0.584. The summed E-state index contributed by atoms with van der Waals surface area (Å²) in [7, 11) is 1.72. The van der Waals surface area contributed by atoms with Gasteiger partial charge in [0.05, 0.1) is 18.5 Å². The molecule has 0 bridgehead atoms. The molecule has 0 aliphatic heterocycles. The highest BCUT2D eigenvalue weighted by Crippen LogP contribution is 2.23. The maximum absolute atomic E-state index is 13.1. The van der Waals surface area contributed by atoms with Gasteiger partial charge in [-0.15, -0.1) is 0 Å². The van der Waals surface area contributed by atoms with Gasteiger partial charge in [0.15, 0.2) is 0 Å². The summed E-state index contributed by atoms with van der Waals surface area (Å²) >= 11 is 0. The molecule has 138 valence electrons. The van der Waals surface area contributed by atoms with E-state index in [0.29, 0.717) is 0 Å². The zero-order valence-corrected chi connectivity index (χ0v) is 15.6. The summed E-state index contributed by atoms with van der Waals surface area (Å²) < 4.78 is 13.1. The third kappa shape index (κ3) is 5.15. The highest BCUT2D eigenvalue weighted by atomic mass is 19.1. The minimum absolute atomic E-state index is 0.0962. The zero-order valence-electron chi connectivity index (χ0n) is 15.6. The highest BCUT2D eigenvalue weighted by Gasteiger charge is 2.23. The highest BCUT2D eigenvalue weighted by molar-refractivity contribution is 5.79. The molecule has 2 atom stereocenters. The predicted molar refractivity (Wildman–Crippen MR) is 99.9 cm³/mol. The van der Waals surface area contributed by atoms with E-state index in [1.807, 2.05) is 38.1 Å². The number of carbonyl (C=O) groups is 2. The van der Waals surface area contributed by atoms with Crippen molar-refractivity contribution in [1.82, 2.24) is 10.2 Å². The van der Waals surface area contributed by atoms with E-state index >= 15 is 0 Å². The molecule has 0 spiro atoms. The number of benzene rings is 2. The number of hydrogen-bond donors (Lipinski definition) is 1. The number of halogens is 1. The number of amides is 2. The van der Waals surface area contributed by atoms with Crippen molar-refractivity contribution >= 4 is 11.8 Å². The van der Waals surface area contributed by atoms with Crippen LogP contribution in [0.2, 0.25) is 0 Å². The van der Waals surface area contributed by atoms with Gasteiger partial charge < -0.3 is 10.2 Å². The fourth-order valence-electron chi connectivity index (χ4n) is 2.80. The molecule has 2 amide bonds. The van der Waals surface area contributed by atoms with Gasteiger partial charge in [-0.3, -0.25) is 9.59 Å². The van der Waals surface area contributed by atoms with Crippen molar-refractivity contribution in [2.24, 2.45) is 0 Å². The Morgan fingerprint density at radius 1 is 1.04 bits per heavy atom. The largest absolute Gasteiger partial charge is 0.349 e. The molecule has 0 heterocycles. The average Bonchev–Trinajstić information content (AvgIpc) is 2.60. The summed E-state index contributed by atoms with van der Waals surface area (Å²) in [4.78, 5) is 25.9. The summed E-state index contributed by atoms with van der Waals surface area (Å²) in [5.41, 5.74) is 2.86. The van der Waals surface area contributed by atoms with Gasteiger partial charge in [0.2, 0.25) is 11.8 Å². The van der Waals surface area contributed by atoms with Crippen molar-refractivity contribution in [2.75, 3.05) is 7.05 Å². The van der Waals surface area contributed by atoms with Gasteiger partial charge in [0, 0.05) is 14.0 Å². The van der Waals surface area contributed by atoms with Crippen LogP contribution in [0.4, 0.5) is 4.39 Å². The molecule has 2 aromatic rings. The molecule has 4 nitrogen and oxygen atoms in total. The standard InChI is InChI=1S/C21H25FN2O2/c1-14-5-7-18(8-6-14)20(23-16(3)25)13-21(26)24(4)15(2)17-9-11-19(22)12-10-17/h5-12,15,20H,13H2,1-4H3,(H,23,25)/t15-,20+/m0/s1. The lowest BCUT2D eigenvalue weighted by molar-refractivity contribution is -0.132. The van der Waals surface area contributed by atoms with E-state index in [1.54, 1.807) is 24.1 Å². The van der Waals surface area contributed by atoms with Crippen LogP contribution in [0.5, 0.6) is 0 Å².